The maximum absolute atomic E-state index is 12.4. The molecule has 4 heteroatoms. The SMILES string of the molecule is CC1CCC(C(NN)C(F)F)CC1. The average Bonchev–Trinajstić information content (AvgIpc) is 2.09. The van der Waals surface area contributed by atoms with Crippen molar-refractivity contribution in [3.63, 3.8) is 0 Å². The Balaban J connectivity index is 2.41. The van der Waals surface area contributed by atoms with Crippen molar-refractivity contribution in [2.75, 3.05) is 0 Å². The smallest absolute Gasteiger partial charge is 0.255 e. The minimum atomic E-state index is -2.34. The van der Waals surface area contributed by atoms with Gasteiger partial charge in [0, 0.05) is 0 Å². The van der Waals surface area contributed by atoms with E-state index in [4.69, 9.17) is 5.84 Å². The van der Waals surface area contributed by atoms with E-state index in [2.05, 4.69) is 12.3 Å². The largest absolute Gasteiger partial charge is 0.271 e. The first kappa shape index (κ1) is 10.9. The molecule has 1 saturated carbocycles. The van der Waals surface area contributed by atoms with Crippen molar-refractivity contribution in [2.24, 2.45) is 17.7 Å². The molecule has 0 aromatic carbocycles. The molecule has 0 amide bonds. The van der Waals surface area contributed by atoms with Crippen molar-refractivity contribution < 1.29 is 8.78 Å². The van der Waals surface area contributed by atoms with Crippen LogP contribution in [-0.2, 0) is 0 Å². The number of nitrogens with one attached hydrogen (secondary N) is 1. The first-order valence-corrected chi connectivity index (χ1v) is 4.89. The molecule has 2 nitrogen and oxygen atoms in total. The molecule has 0 aromatic heterocycles. The van der Waals surface area contributed by atoms with Gasteiger partial charge in [0.15, 0.2) is 0 Å². The minimum Gasteiger partial charge on any atom is -0.271 e. The molecule has 1 atom stereocenters. The highest BCUT2D eigenvalue weighted by Crippen LogP contribution is 2.31. The van der Waals surface area contributed by atoms with Gasteiger partial charge >= 0.3 is 0 Å². The zero-order valence-corrected chi connectivity index (χ0v) is 7.97. The van der Waals surface area contributed by atoms with Gasteiger partial charge in [0.1, 0.15) is 0 Å². The third-order valence-corrected chi connectivity index (χ3v) is 3.03. The first-order chi connectivity index (χ1) is 6.15. The van der Waals surface area contributed by atoms with Crippen LogP contribution >= 0.6 is 0 Å². The summed E-state index contributed by atoms with van der Waals surface area (Å²) in [5.41, 5.74) is 2.24. The van der Waals surface area contributed by atoms with Gasteiger partial charge in [-0.3, -0.25) is 11.3 Å². The number of rotatable bonds is 3. The average molecular weight is 192 g/mol. The summed E-state index contributed by atoms with van der Waals surface area (Å²) in [6.45, 7) is 2.17. The number of hydrogen-bond donors (Lipinski definition) is 2. The predicted octanol–water partition coefficient (Wildman–Crippen LogP) is 1.91. The second kappa shape index (κ2) is 4.86. The number of nitrogens with two attached hydrogens (primary N) is 1. The third kappa shape index (κ3) is 2.88. The van der Waals surface area contributed by atoms with Crippen molar-refractivity contribution >= 4 is 0 Å². The molecular weight excluding hydrogens is 174 g/mol. The molecule has 0 heterocycles. The molecule has 1 unspecified atom stereocenters. The van der Waals surface area contributed by atoms with E-state index < -0.39 is 12.5 Å². The molecule has 13 heavy (non-hydrogen) atoms. The summed E-state index contributed by atoms with van der Waals surface area (Å²) in [4.78, 5) is 0. The van der Waals surface area contributed by atoms with Crippen LogP contribution in [0.15, 0.2) is 0 Å². The van der Waals surface area contributed by atoms with Gasteiger partial charge in [-0.05, 0) is 24.7 Å². The summed E-state index contributed by atoms with van der Waals surface area (Å²) in [6.07, 6.45) is 1.51. The normalized spacial score (nSPS) is 32.1. The predicted molar refractivity (Wildman–Crippen MR) is 48.2 cm³/mol. The molecule has 1 aliphatic rings. The van der Waals surface area contributed by atoms with Gasteiger partial charge in [-0.15, -0.1) is 0 Å². The standard InChI is InChI=1S/C9H18F2N2/c1-6-2-4-7(5-3-6)8(13-12)9(10)11/h6-9,13H,2-5,12H2,1H3. The summed E-state index contributed by atoms with van der Waals surface area (Å²) >= 11 is 0. The highest BCUT2D eigenvalue weighted by molar-refractivity contribution is 4.81. The van der Waals surface area contributed by atoms with Crippen LogP contribution in [0, 0.1) is 11.8 Å². The number of hydrazine groups is 1. The van der Waals surface area contributed by atoms with E-state index in [0.717, 1.165) is 25.7 Å². The van der Waals surface area contributed by atoms with E-state index in [1.807, 2.05) is 0 Å². The summed E-state index contributed by atoms with van der Waals surface area (Å²) in [5, 5.41) is 0. The summed E-state index contributed by atoms with van der Waals surface area (Å²) in [5.74, 6) is 5.85. The van der Waals surface area contributed by atoms with Crippen LogP contribution in [0.1, 0.15) is 32.6 Å². The minimum absolute atomic E-state index is 0.0567. The molecule has 0 spiro atoms. The van der Waals surface area contributed by atoms with Gasteiger partial charge < -0.3 is 0 Å². The Morgan fingerprint density at radius 1 is 1.23 bits per heavy atom. The summed E-state index contributed by atoms with van der Waals surface area (Å²) in [6, 6.07) is -0.813. The number of hydrogen-bond acceptors (Lipinski definition) is 2. The van der Waals surface area contributed by atoms with Crippen molar-refractivity contribution in [1.29, 1.82) is 0 Å². The Labute approximate surface area is 77.8 Å². The Morgan fingerprint density at radius 2 is 1.77 bits per heavy atom. The van der Waals surface area contributed by atoms with Gasteiger partial charge in [0.2, 0.25) is 0 Å². The van der Waals surface area contributed by atoms with Crippen molar-refractivity contribution in [3.05, 3.63) is 0 Å². The van der Waals surface area contributed by atoms with Crippen molar-refractivity contribution in [2.45, 2.75) is 45.1 Å². The summed E-state index contributed by atoms with van der Waals surface area (Å²) in [7, 11) is 0. The monoisotopic (exact) mass is 192 g/mol. The lowest BCUT2D eigenvalue weighted by atomic mass is 9.79. The quantitative estimate of drug-likeness (QED) is 0.529. The number of halogens is 2. The van der Waals surface area contributed by atoms with Crippen molar-refractivity contribution in [1.82, 2.24) is 5.43 Å². The molecule has 3 N–H and O–H groups in total. The molecule has 0 bridgehead atoms. The molecule has 0 aliphatic heterocycles. The highest BCUT2D eigenvalue weighted by atomic mass is 19.3. The summed E-state index contributed by atoms with van der Waals surface area (Å²) < 4.78 is 24.9. The fraction of sp³-hybridized carbons (Fsp3) is 1.00. The van der Waals surface area contributed by atoms with E-state index >= 15 is 0 Å². The fourth-order valence-electron chi connectivity index (χ4n) is 2.06. The van der Waals surface area contributed by atoms with Gasteiger partial charge in [-0.1, -0.05) is 19.8 Å². The fourth-order valence-corrected chi connectivity index (χ4v) is 2.06. The number of alkyl halides is 2. The topological polar surface area (TPSA) is 38.0 Å². The van der Waals surface area contributed by atoms with Crippen LogP contribution in [0.25, 0.3) is 0 Å². The lowest BCUT2D eigenvalue weighted by Gasteiger charge is -2.31. The Morgan fingerprint density at radius 3 is 2.15 bits per heavy atom. The first-order valence-electron chi connectivity index (χ1n) is 4.89. The van der Waals surface area contributed by atoms with Crippen LogP contribution in [0.3, 0.4) is 0 Å². The van der Waals surface area contributed by atoms with E-state index in [9.17, 15) is 8.78 Å². The van der Waals surface area contributed by atoms with E-state index in [1.54, 1.807) is 0 Å². The van der Waals surface area contributed by atoms with Crippen LogP contribution < -0.4 is 11.3 Å². The second-order valence-corrected chi connectivity index (χ2v) is 4.05. The van der Waals surface area contributed by atoms with Crippen molar-refractivity contribution in [3.8, 4) is 0 Å². The molecule has 78 valence electrons. The van der Waals surface area contributed by atoms with Crippen LogP contribution in [0.2, 0.25) is 0 Å². The van der Waals surface area contributed by atoms with Crippen LogP contribution in [0.5, 0.6) is 0 Å². The van der Waals surface area contributed by atoms with E-state index in [0.29, 0.717) is 5.92 Å². The molecule has 1 rings (SSSR count). The molecule has 0 radical (unpaired) electrons. The molecule has 1 fully saturated rings. The maximum Gasteiger partial charge on any atom is 0.255 e. The molecule has 0 saturated heterocycles. The molecular formula is C9H18F2N2. The zero-order valence-electron chi connectivity index (χ0n) is 7.97. The molecule has 1 aliphatic carbocycles. The lowest BCUT2D eigenvalue weighted by Crippen LogP contribution is -2.46. The lowest BCUT2D eigenvalue weighted by molar-refractivity contribution is 0.0533. The second-order valence-electron chi connectivity index (χ2n) is 4.05. The Hall–Kier alpha value is -0.220. The van der Waals surface area contributed by atoms with Crippen LogP contribution in [-0.4, -0.2) is 12.5 Å². The zero-order chi connectivity index (χ0) is 9.84. The Bertz CT molecular complexity index is 145. The maximum atomic E-state index is 12.4. The Kier molecular flexibility index (Phi) is 4.06. The van der Waals surface area contributed by atoms with E-state index in [-0.39, 0.29) is 5.92 Å². The van der Waals surface area contributed by atoms with Gasteiger partial charge in [-0.25, -0.2) is 8.78 Å². The van der Waals surface area contributed by atoms with Gasteiger partial charge in [-0.2, -0.15) is 0 Å². The highest BCUT2D eigenvalue weighted by Gasteiger charge is 2.31. The third-order valence-electron chi connectivity index (χ3n) is 3.03. The van der Waals surface area contributed by atoms with Gasteiger partial charge in [0.25, 0.3) is 6.43 Å². The molecule has 0 aromatic rings. The van der Waals surface area contributed by atoms with Crippen LogP contribution in [0.4, 0.5) is 8.78 Å². The van der Waals surface area contributed by atoms with E-state index in [1.165, 1.54) is 0 Å². The van der Waals surface area contributed by atoms with Gasteiger partial charge in [0.05, 0.1) is 6.04 Å².